The molecule has 114 valence electrons. The van der Waals surface area contributed by atoms with Gasteiger partial charge in [0.1, 0.15) is 5.82 Å². The highest BCUT2D eigenvalue weighted by Gasteiger charge is 2.07. The Morgan fingerprint density at radius 2 is 1.75 bits per heavy atom. The predicted molar refractivity (Wildman–Crippen MR) is 97.5 cm³/mol. The molecule has 1 aromatic rings. The number of halogens is 2. The van der Waals surface area contributed by atoms with Gasteiger partial charge in [-0.05, 0) is 29.5 Å². The normalized spacial score (nSPS) is 9.70. The minimum atomic E-state index is -0.183. The molecule has 0 heterocycles. The first-order valence-electron chi connectivity index (χ1n) is 6.11. The fourth-order valence-corrected chi connectivity index (χ4v) is 2.46. The molecule has 0 amide bonds. The van der Waals surface area contributed by atoms with Crippen molar-refractivity contribution in [2.24, 2.45) is 4.99 Å². The van der Waals surface area contributed by atoms with Gasteiger partial charge in [0.2, 0.25) is 0 Å². The van der Waals surface area contributed by atoms with Gasteiger partial charge in [0.25, 0.3) is 0 Å². The molecule has 3 nitrogen and oxygen atoms in total. The molecule has 0 spiro atoms. The molecule has 0 aromatic heterocycles. The van der Waals surface area contributed by atoms with E-state index in [2.05, 4.69) is 4.99 Å². The maximum absolute atomic E-state index is 13.3. The van der Waals surface area contributed by atoms with E-state index in [1.54, 1.807) is 17.8 Å². The maximum Gasteiger partial charge on any atom is 0.195 e. The lowest BCUT2D eigenvalue weighted by Crippen LogP contribution is -2.35. The molecular weight excluding hydrogens is 388 g/mol. The topological polar surface area (TPSA) is 18.8 Å². The molecule has 0 atom stereocenters. The minimum Gasteiger partial charge on any atom is -0.349 e. The third-order valence-electron chi connectivity index (χ3n) is 2.66. The van der Waals surface area contributed by atoms with Gasteiger partial charge in [0, 0.05) is 33.9 Å². The number of benzene rings is 1. The fourth-order valence-electron chi connectivity index (χ4n) is 1.88. The molecule has 0 aliphatic heterocycles. The summed E-state index contributed by atoms with van der Waals surface area (Å²) >= 11 is 1.69. The summed E-state index contributed by atoms with van der Waals surface area (Å²) in [5.41, 5.74) is 2.10. The molecule has 1 aromatic carbocycles. The number of thioether (sulfide) groups is 1. The van der Waals surface area contributed by atoms with Crippen molar-refractivity contribution in [3.05, 3.63) is 35.1 Å². The van der Waals surface area contributed by atoms with Crippen LogP contribution in [-0.2, 0) is 12.3 Å². The second kappa shape index (κ2) is 9.44. The molecule has 0 radical (unpaired) electrons. The van der Waals surface area contributed by atoms with Crippen molar-refractivity contribution >= 4 is 41.7 Å². The summed E-state index contributed by atoms with van der Waals surface area (Å²) in [7, 11) is 7.86. The van der Waals surface area contributed by atoms with Gasteiger partial charge in [0.05, 0.1) is 6.54 Å². The molecule has 6 heteroatoms. The summed E-state index contributed by atoms with van der Waals surface area (Å²) in [6.45, 7) is 0.571. The first-order chi connectivity index (χ1) is 8.95. The molecule has 0 bridgehead atoms. The van der Waals surface area contributed by atoms with Gasteiger partial charge in [-0.1, -0.05) is 6.07 Å². The van der Waals surface area contributed by atoms with E-state index in [1.165, 1.54) is 6.07 Å². The Morgan fingerprint density at radius 3 is 2.25 bits per heavy atom. The lowest BCUT2D eigenvalue weighted by atomic mass is 10.1. The summed E-state index contributed by atoms with van der Waals surface area (Å²) < 4.78 is 13.3. The number of rotatable bonds is 4. The molecule has 0 unspecified atom stereocenters. The summed E-state index contributed by atoms with van der Waals surface area (Å²) in [6, 6.07) is 4.93. The molecular formula is C14H23FIN3S. The number of guanidine groups is 1. The number of aliphatic imine (C=N–C) groups is 1. The van der Waals surface area contributed by atoms with Gasteiger partial charge in [0.15, 0.2) is 5.96 Å². The van der Waals surface area contributed by atoms with Crippen molar-refractivity contribution in [3.63, 3.8) is 0 Å². The maximum atomic E-state index is 13.3. The Hall–Kier alpha value is -0.500. The quantitative estimate of drug-likeness (QED) is 0.431. The van der Waals surface area contributed by atoms with Crippen LogP contribution in [0.4, 0.5) is 4.39 Å². The Morgan fingerprint density at radius 1 is 1.15 bits per heavy atom. The molecule has 0 saturated carbocycles. The summed E-state index contributed by atoms with van der Waals surface area (Å²) in [5.74, 6) is 1.53. The van der Waals surface area contributed by atoms with Crippen LogP contribution in [0.2, 0.25) is 0 Å². The van der Waals surface area contributed by atoms with Crippen LogP contribution < -0.4 is 0 Å². The zero-order valence-corrected chi connectivity index (χ0v) is 15.8. The lowest BCUT2D eigenvalue weighted by Gasteiger charge is -2.22. The standard InChI is InChI=1S/C14H22FN3S.HI/c1-17(2)14(18(3)4)16-9-11-6-7-13(15)8-12(11)10-19-5;/h6-8H,9-10H2,1-5H3;1H. The van der Waals surface area contributed by atoms with Crippen LogP contribution in [0, 0.1) is 5.82 Å². The van der Waals surface area contributed by atoms with E-state index in [-0.39, 0.29) is 29.8 Å². The predicted octanol–water partition coefficient (Wildman–Crippen LogP) is 3.29. The van der Waals surface area contributed by atoms with Crippen LogP contribution in [-0.4, -0.2) is 50.2 Å². The van der Waals surface area contributed by atoms with Gasteiger partial charge in [-0.25, -0.2) is 9.38 Å². The largest absolute Gasteiger partial charge is 0.349 e. The number of hydrogen-bond acceptors (Lipinski definition) is 2. The van der Waals surface area contributed by atoms with Crippen LogP contribution in [0.1, 0.15) is 11.1 Å². The lowest BCUT2D eigenvalue weighted by molar-refractivity contribution is 0.479. The van der Waals surface area contributed by atoms with Gasteiger partial charge >= 0.3 is 0 Å². The first kappa shape index (κ1) is 19.5. The van der Waals surface area contributed by atoms with Crippen molar-refractivity contribution in [3.8, 4) is 0 Å². The third kappa shape index (κ3) is 5.87. The number of hydrogen-bond donors (Lipinski definition) is 0. The van der Waals surface area contributed by atoms with E-state index in [0.29, 0.717) is 6.54 Å². The van der Waals surface area contributed by atoms with Crippen LogP contribution >= 0.6 is 35.7 Å². The highest BCUT2D eigenvalue weighted by Crippen LogP contribution is 2.17. The summed E-state index contributed by atoms with van der Waals surface area (Å²) in [6.07, 6.45) is 2.02. The second-order valence-corrected chi connectivity index (χ2v) is 5.62. The van der Waals surface area contributed by atoms with Gasteiger partial charge in [-0.2, -0.15) is 11.8 Å². The van der Waals surface area contributed by atoms with Crippen LogP contribution in [0.3, 0.4) is 0 Å². The van der Waals surface area contributed by atoms with E-state index >= 15 is 0 Å². The van der Waals surface area contributed by atoms with E-state index in [1.807, 2.05) is 50.3 Å². The molecule has 0 N–H and O–H groups in total. The van der Waals surface area contributed by atoms with E-state index in [0.717, 1.165) is 22.8 Å². The molecule has 0 aliphatic rings. The van der Waals surface area contributed by atoms with Crippen molar-refractivity contribution in [1.82, 2.24) is 9.80 Å². The number of nitrogens with zero attached hydrogens (tertiary/aromatic N) is 3. The third-order valence-corrected chi connectivity index (χ3v) is 3.26. The molecule has 0 fully saturated rings. The average Bonchev–Trinajstić information content (AvgIpc) is 2.31. The summed E-state index contributed by atoms with van der Waals surface area (Å²) in [4.78, 5) is 8.54. The molecule has 0 aliphatic carbocycles. The molecule has 1 rings (SSSR count). The molecule has 20 heavy (non-hydrogen) atoms. The zero-order chi connectivity index (χ0) is 14.4. The second-order valence-electron chi connectivity index (χ2n) is 4.75. The van der Waals surface area contributed by atoms with Crippen molar-refractivity contribution < 1.29 is 4.39 Å². The monoisotopic (exact) mass is 411 g/mol. The SMILES string of the molecule is CSCc1cc(F)ccc1CN=C(N(C)C)N(C)C.I. The Labute approximate surface area is 142 Å². The van der Waals surface area contributed by atoms with E-state index in [4.69, 9.17) is 0 Å². The Kier molecular flexibility index (Phi) is 9.20. The van der Waals surface area contributed by atoms with E-state index < -0.39 is 0 Å². The summed E-state index contributed by atoms with van der Waals surface area (Å²) in [5, 5.41) is 0. The van der Waals surface area contributed by atoms with Gasteiger partial charge in [-0.3, -0.25) is 0 Å². The van der Waals surface area contributed by atoms with Crippen molar-refractivity contribution in [1.29, 1.82) is 0 Å². The highest BCUT2D eigenvalue weighted by molar-refractivity contribution is 14.0. The molecule has 0 saturated heterocycles. The fraction of sp³-hybridized carbons (Fsp3) is 0.500. The van der Waals surface area contributed by atoms with Crippen LogP contribution in [0.25, 0.3) is 0 Å². The van der Waals surface area contributed by atoms with Crippen molar-refractivity contribution in [2.75, 3.05) is 34.4 Å². The smallest absolute Gasteiger partial charge is 0.195 e. The van der Waals surface area contributed by atoms with Gasteiger partial charge < -0.3 is 9.80 Å². The Bertz CT molecular complexity index is 440. The minimum absolute atomic E-state index is 0. The average molecular weight is 411 g/mol. The van der Waals surface area contributed by atoms with Crippen LogP contribution in [0.5, 0.6) is 0 Å². The Balaban J connectivity index is 0.00000361. The zero-order valence-electron chi connectivity index (χ0n) is 12.7. The highest BCUT2D eigenvalue weighted by atomic mass is 127. The van der Waals surface area contributed by atoms with E-state index in [9.17, 15) is 4.39 Å². The van der Waals surface area contributed by atoms with Gasteiger partial charge in [-0.15, -0.1) is 24.0 Å². The first-order valence-corrected chi connectivity index (χ1v) is 7.50. The van der Waals surface area contributed by atoms with Crippen molar-refractivity contribution in [2.45, 2.75) is 12.3 Å². The van der Waals surface area contributed by atoms with Crippen LogP contribution in [0.15, 0.2) is 23.2 Å².